The second-order valence-corrected chi connectivity index (χ2v) is 6.94. The van der Waals surface area contributed by atoms with Gasteiger partial charge in [0, 0.05) is 57.7 Å². The van der Waals surface area contributed by atoms with Crippen LogP contribution in [0.4, 0.5) is 8.78 Å². The minimum Gasteiger partial charge on any atom is -0.467 e. The Morgan fingerprint density at radius 3 is 2.04 bits per heavy atom. The van der Waals surface area contributed by atoms with Crippen LogP contribution in [0.5, 0.6) is 0 Å². The van der Waals surface area contributed by atoms with Crippen LogP contribution >= 0.6 is 0 Å². The largest absolute Gasteiger partial charge is 0.467 e. The molecule has 0 heterocycles. The minimum absolute atomic E-state index is 0. The summed E-state index contributed by atoms with van der Waals surface area (Å²) in [6.45, 7) is 1.80. The van der Waals surface area contributed by atoms with E-state index in [2.05, 4.69) is 17.9 Å². The Morgan fingerprint density at radius 1 is 1.15 bits per heavy atom. The van der Waals surface area contributed by atoms with Gasteiger partial charge in [0.25, 0.3) is 0 Å². The Kier molecular flexibility index (Phi) is 6.43. The van der Waals surface area contributed by atoms with Crippen LogP contribution in [0, 0.1) is 60.7 Å². The molecule has 0 spiro atoms. The zero-order valence-electron chi connectivity index (χ0n) is 16.0. The smallest absolute Gasteiger partial charge is 0.345 e. The molecule has 10 heteroatoms. The minimum atomic E-state index is -2.05. The molecule has 0 bridgehead atoms. The quantitative estimate of drug-likeness (QED) is 0.333. The molecule has 3 fully saturated rings. The summed E-state index contributed by atoms with van der Waals surface area (Å²) in [4.78, 5) is 44.1. The average Bonchev–Trinajstić information content (AvgIpc) is 3.34. The molecule has 7 atom stereocenters. The van der Waals surface area contributed by atoms with Crippen molar-refractivity contribution in [3.05, 3.63) is 12.2 Å². The molecule has 0 amide bonds. The molecule has 6 nitrogen and oxygen atoms in total. The van der Waals surface area contributed by atoms with E-state index in [0.29, 0.717) is 6.42 Å². The molecule has 0 saturated heterocycles. The molecule has 2 radical (unpaired) electrons. The molecule has 4 rings (SSSR count). The zero-order valence-corrected chi connectivity index (χ0v) is 19.2. The standard InChI is InChI=1S/C9H11FO3.C8H7FO3.BH.U/c1-4-3-5(11)7-6(4)9(7,10)8(12)13-2;1-12-7(11)8(9)4-2-3-5(10)6(4)8;;/h4,6-7H,3H2,1-2H3;2-4,6H,1H3;1H;/t4-,6+,7-,9+;4-,6-,8-;;/m01../s1/i;;1D;. The maximum Gasteiger partial charge on any atom is 0.345 e. The van der Waals surface area contributed by atoms with Gasteiger partial charge in [0.1, 0.15) is 5.78 Å². The Hall–Kier alpha value is -1.00. The Bertz CT molecular complexity index is 722. The number of Topliss-reactive ketones (excluding diaryl/α,β-unsaturated/α-hetero) is 1. The summed E-state index contributed by atoms with van der Waals surface area (Å²) in [5.74, 6) is -4.80. The summed E-state index contributed by atoms with van der Waals surface area (Å²) in [6, 6.07) is 0. The van der Waals surface area contributed by atoms with Gasteiger partial charge in [0.05, 0.1) is 26.1 Å². The Labute approximate surface area is 182 Å². The fourth-order valence-electron chi connectivity index (χ4n) is 4.29. The zero-order chi connectivity index (χ0) is 20.7. The number of ketones is 2. The van der Waals surface area contributed by atoms with Crippen LogP contribution < -0.4 is 0 Å². The predicted octanol–water partition coefficient (Wildman–Crippen LogP) is 0.327. The van der Waals surface area contributed by atoms with Crippen molar-refractivity contribution in [3.63, 3.8) is 0 Å². The number of esters is 2. The van der Waals surface area contributed by atoms with Gasteiger partial charge in [-0.25, -0.2) is 18.4 Å². The number of carbonyl (C=O) groups excluding carboxylic acids is 4. The summed E-state index contributed by atoms with van der Waals surface area (Å²) >= 11 is 0. The van der Waals surface area contributed by atoms with Gasteiger partial charge in [0.15, 0.2) is 5.78 Å². The van der Waals surface area contributed by atoms with Crippen LogP contribution in [0.1, 0.15) is 13.3 Å². The fourth-order valence-corrected chi connectivity index (χ4v) is 4.29. The number of carbonyl (C=O) groups is 4. The molecule has 27 heavy (non-hydrogen) atoms. The van der Waals surface area contributed by atoms with Crippen molar-refractivity contribution in [1.82, 2.24) is 0 Å². The summed E-state index contributed by atoms with van der Waals surface area (Å²) in [6.07, 6.45) is 3.15. The molecule has 0 aliphatic heterocycles. The van der Waals surface area contributed by atoms with Gasteiger partial charge in [-0.1, -0.05) is 13.0 Å². The second-order valence-electron chi connectivity index (χ2n) is 6.94. The number of allylic oxidation sites excluding steroid dienone is 2. The van der Waals surface area contributed by atoms with Crippen molar-refractivity contribution < 1.29 is 68.5 Å². The maximum atomic E-state index is 13.8. The average molecular weight is 607 g/mol. The van der Waals surface area contributed by atoms with Crippen molar-refractivity contribution in [2.24, 2.45) is 29.6 Å². The van der Waals surface area contributed by atoms with Crippen LogP contribution in [0.2, 0.25) is 0 Å². The van der Waals surface area contributed by atoms with E-state index in [1.54, 1.807) is 6.92 Å². The molecule has 0 N–H and O–H groups in total. The van der Waals surface area contributed by atoms with Gasteiger partial charge >= 0.3 is 11.9 Å². The first-order chi connectivity index (χ1) is 12.6. The third-order valence-corrected chi connectivity index (χ3v) is 5.63. The van der Waals surface area contributed by atoms with Gasteiger partial charge in [-0.3, -0.25) is 9.59 Å². The van der Waals surface area contributed by atoms with E-state index in [9.17, 15) is 28.0 Å². The van der Waals surface area contributed by atoms with E-state index in [-0.39, 0.29) is 48.6 Å². The van der Waals surface area contributed by atoms with E-state index in [0.717, 1.165) is 14.2 Å². The first-order valence-corrected chi connectivity index (χ1v) is 7.95. The van der Waals surface area contributed by atoms with Gasteiger partial charge in [-0.2, -0.15) is 0 Å². The monoisotopic (exact) mass is 607 g/mol. The summed E-state index contributed by atoms with van der Waals surface area (Å²) < 4.78 is 41.2. The van der Waals surface area contributed by atoms with Crippen LogP contribution in [0.25, 0.3) is 0 Å². The first-order valence-electron chi connectivity index (χ1n) is 8.52. The first kappa shape index (κ1) is 22.3. The predicted molar refractivity (Wildman–Crippen MR) is 85.8 cm³/mol. The number of fused-ring (bicyclic) bond motifs is 2. The van der Waals surface area contributed by atoms with Gasteiger partial charge < -0.3 is 9.47 Å². The van der Waals surface area contributed by atoms with E-state index >= 15 is 0 Å². The van der Waals surface area contributed by atoms with Crippen molar-refractivity contribution in [2.75, 3.05) is 14.2 Å². The van der Waals surface area contributed by atoms with Gasteiger partial charge in [0.2, 0.25) is 11.3 Å². The van der Waals surface area contributed by atoms with Crippen molar-refractivity contribution in [2.45, 2.75) is 24.7 Å². The van der Waals surface area contributed by atoms with Crippen molar-refractivity contribution in [1.29, 1.82) is 1.34 Å². The van der Waals surface area contributed by atoms with Gasteiger partial charge in [-0.05, 0) is 13.3 Å². The molecule has 0 aromatic carbocycles. The molecule has 4 aliphatic carbocycles. The van der Waals surface area contributed by atoms with Crippen LogP contribution in [-0.4, -0.2) is 58.8 Å². The number of hydrogen-bond acceptors (Lipinski definition) is 6. The summed E-state index contributed by atoms with van der Waals surface area (Å²) in [5.41, 5.74) is -4.05. The second kappa shape index (κ2) is 7.79. The van der Waals surface area contributed by atoms with Crippen molar-refractivity contribution in [3.8, 4) is 0 Å². The van der Waals surface area contributed by atoms with E-state index < -0.39 is 46.9 Å². The van der Waals surface area contributed by atoms with E-state index in [1.165, 1.54) is 12.2 Å². The molecule has 0 unspecified atom stereocenters. The summed E-state index contributed by atoms with van der Waals surface area (Å²) in [5, 5.41) is 0. The molecule has 4 aliphatic rings. The maximum absolute atomic E-state index is 13.8. The SMILES string of the molecule is COC(=O)[C@@]1(F)[C@@H]2C=CC(=O)[C@@H]21.COC(=O)[C@@]1(F)[C@@H]2[C@@H](C)CC(=O)[C@@H]21.[2H][B].[U]. The molecule has 0 aromatic rings. The Morgan fingerprint density at radius 2 is 1.67 bits per heavy atom. The number of halogens is 2. The van der Waals surface area contributed by atoms with E-state index in [4.69, 9.17) is 1.34 Å². The van der Waals surface area contributed by atoms with Crippen LogP contribution in [0.15, 0.2) is 12.2 Å². The third kappa shape index (κ3) is 3.23. The van der Waals surface area contributed by atoms with Crippen LogP contribution in [-0.2, 0) is 28.7 Å². The number of rotatable bonds is 2. The van der Waals surface area contributed by atoms with Crippen molar-refractivity contribution >= 4 is 31.9 Å². The molecular weight excluding hydrogens is 587 g/mol. The molecule has 0 aromatic heterocycles. The summed E-state index contributed by atoms with van der Waals surface area (Å²) in [7, 11) is 6.01. The normalized spacial score (nSPS) is 42.0. The number of hydrogen-bond donors (Lipinski definition) is 0. The third-order valence-electron chi connectivity index (χ3n) is 5.63. The Balaban J connectivity index is 0.000000250. The van der Waals surface area contributed by atoms with E-state index in [1.807, 2.05) is 0 Å². The molecular formula is C17H19BF2O6U. The van der Waals surface area contributed by atoms with Gasteiger partial charge in [-0.15, -0.1) is 0 Å². The molecule has 144 valence electrons. The number of methoxy groups -OCH3 is 2. The number of alkyl halides is 2. The topological polar surface area (TPSA) is 86.7 Å². The number of ether oxygens (including phenoxy) is 2. The fraction of sp³-hybridized carbons (Fsp3) is 0.647. The molecule has 3 saturated carbocycles. The van der Waals surface area contributed by atoms with Crippen LogP contribution in [0.3, 0.4) is 0 Å².